The molecule has 0 aromatic heterocycles. The zero-order chi connectivity index (χ0) is 14.1. The molecular formula is C18H23F. The maximum absolute atomic E-state index is 12.8. The lowest BCUT2D eigenvalue weighted by molar-refractivity contribution is 0.627. The van der Waals surface area contributed by atoms with E-state index in [2.05, 4.69) is 32.2 Å². The Labute approximate surface area is 116 Å². The van der Waals surface area contributed by atoms with Crippen LogP contribution in [0.4, 0.5) is 4.39 Å². The lowest BCUT2D eigenvalue weighted by atomic mass is 9.98. The second-order valence-electron chi connectivity index (χ2n) is 4.76. The molecule has 0 N–H and O–H groups in total. The van der Waals surface area contributed by atoms with E-state index in [4.69, 9.17) is 0 Å². The molecule has 0 saturated carbocycles. The highest BCUT2D eigenvalue weighted by atomic mass is 19.1. The topological polar surface area (TPSA) is 0 Å². The Morgan fingerprint density at radius 1 is 1.11 bits per heavy atom. The van der Waals surface area contributed by atoms with Gasteiger partial charge in [0.1, 0.15) is 5.82 Å². The van der Waals surface area contributed by atoms with E-state index in [1.165, 1.54) is 31.4 Å². The van der Waals surface area contributed by atoms with Crippen molar-refractivity contribution in [3.8, 4) is 0 Å². The van der Waals surface area contributed by atoms with Crippen molar-refractivity contribution < 1.29 is 4.39 Å². The minimum Gasteiger partial charge on any atom is -0.207 e. The van der Waals surface area contributed by atoms with Gasteiger partial charge in [-0.05, 0) is 48.1 Å². The first-order valence-corrected chi connectivity index (χ1v) is 6.93. The second kappa shape index (κ2) is 8.47. The summed E-state index contributed by atoms with van der Waals surface area (Å²) in [6, 6.07) is 6.39. The van der Waals surface area contributed by atoms with Gasteiger partial charge in [-0.15, -0.1) is 0 Å². The summed E-state index contributed by atoms with van der Waals surface area (Å²) < 4.78 is 12.8. The molecule has 0 bridgehead atoms. The van der Waals surface area contributed by atoms with E-state index in [9.17, 15) is 4.39 Å². The van der Waals surface area contributed by atoms with Crippen LogP contribution in [0.2, 0.25) is 0 Å². The molecule has 0 aliphatic carbocycles. The number of hydrogen-bond donors (Lipinski definition) is 0. The van der Waals surface area contributed by atoms with Crippen LogP contribution in [-0.4, -0.2) is 0 Å². The average Bonchev–Trinajstić information content (AvgIpc) is 2.42. The Balaban J connectivity index is 2.41. The molecule has 102 valence electrons. The number of unbranched alkanes of at least 4 members (excludes halogenated alkanes) is 3. The molecule has 0 spiro atoms. The predicted octanol–water partition coefficient (Wildman–Crippen LogP) is 5.92. The molecule has 0 aliphatic heterocycles. The normalized spacial score (nSPS) is 10.8. The van der Waals surface area contributed by atoms with E-state index < -0.39 is 0 Å². The van der Waals surface area contributed by atoms with Crippen molar-refractivity contribution in [1.82, 2.24) is 0 Å². The molecule has 1 aromatic carbocycles. The number of hydrogen-bond acceptors (Lipinski definition) is 0. The summed E-state index contributed by atoms with van der Waals surface area (Å²) in [4.78, 5) is 0. The molecule has 1 heteroatoms. The standard InChI is InChI=1S/C18H23F/c1-4-5-6-7-8-9-10-15(2)16(3)17-11-13-18(19)14-12-17/h8-9,11-14H,2-7,10H2,1H3/b9-8+. The van der Waals surface area contributed by atoms with Crippen molar-refractivity contribution in [3.05, 3.63) is 66.5 Å². The third-order valence-corrected chi connectivity index (χ3v) is 3.12. The summed E-state index contributed by atoms with van der Waals surface area (Å²) in [6.45, 7) is 10.3. The Bertz CT molecular complexity index is 437. The van der Waals surface area contributed by atoms with Gasteiger partial charge in [0.2, 0.25) is 0 Å². The van der Waals surface area contributed by atoms with Crippen molar-refractivity contribution in [2.75, 3.05) is 0 Å². The Morgan fingerprint density at radius 3 is 2.42 bits per heavy atom. The lowest BCUT2D eigenvalue weighted by Gasteiger charge is -2.07. The number of halogens is 1. The minimum atomic E-state index is -0.224. The van der Waals surface area contributed by atoms with Crippen LogP contribution < -0.4 is 0 Å². The highest BCUT2D eigenvalue weighted by Gasteiger charge is 2.02. The molecule has 0 nitrogen and oxygen atoms in total. The highest BCUT2D eigenvalue weighted by Crippen LogP contribution is 2.22. The van der Waals surface area contributed by atoms with E-state index in [-0.39, 0.29) is 5.82 Å². The summed E-state index contributed by atoms with van der Waals surface area (Å²) in [7, 11) is 0. The smallest absolute Gasteiger partial charge is 0.123 e. The van der Waals surface area contributed by atoms with E-state index >= 15 is 0 Å². The SMILES string of the molecule is C=C(C/C=C/CCCCC)C(=C)c1ccc(F)cc1. The molecule has 0 amide bonds. The van der Waals surface area contributed by atoms with Gasteiger partial charge in [-0.1, -0.05) is 57.2 Å². The zero-order valence-corrected chi connectivity index (χ0v) is 11.8. The van der Waals surface area contributed by atoms with Gasteiger partial charge >= 0.3 is 0 Å². The van der Waals surface area contributed by atoms with E-state index in [1.807, 2.05) is 0 Å². The molecule has 0 aliphatic rings. The molecule has 19 heavy (non-hydrogen) atoms. The number of rotatable bonds is 8. The molecule has 0 atom stereocenters. The van der Waals surface area contributed by atoms with Gasteiger partial charge in [-0.3, -0.25) is 0 Å². The zero-order valence-electron chi connectivity index (χ0n) is 11.8. The van der Waals surface area contributed by atoms with Crippen molar-refractivity contribution in [2.24, 2.45) is 0 Å². The summed E-state index contributed by atoms with van der Waals surface area (Å²) >= 11 is 0. The third-order valence-electron chi connectivity index (χ3n) is 3.12. The van der Waals surface area contributed by atoms with Gasteiger partial charge in [0, 0.05) is 0 Å². The molecule has 0 radical (unpaired) electrons. The molecule has 0 heterocycles. The van der Waals surface area contributed by atoms with Crippen LogP contribution in [0.1, 0.15) is 44.6 Å². The number of benzene rings is 1. The van der Waals surface area contributed by atoms with Crippen LogP contribution in [0.5, 0.6) is 0 Å². The maximum Gasteiger partial charge on any atom is 0.123 e. The Morgan fingerprint density at radius 2 is 1.79 bits per heavy atom. The van der Waals surface area contributed by atoms with Crippen LogP contribution in [0, 0.1) is 5.82 Å². The van der Waals surface area contributed by atoms with Crippen molar-refractivity contribution >= 4 is 5.57 Å². The predicted molar refractivity (Wildman–Crippen MR) is 82.5 cm³/mol. The largest absolute Gasteiger partial charge is 0.207 e. The van der Waals surface area contributed by atoms with Gasteiger partial charge in [0.05, 0.1) is 0 Å². The summed E-state index contributed by atoms with van der Waals surface area (Å²) in [5.74, 6) is -0.224. The fourth-order valence-corrected chi connectivity index (χ4v) is 1.83. The third kappa shape index (κ3) is 5.69. The second-order valence-corrected chi connectivity index (χ2v) is 4.76. The Hall–Kier alpha value is -1.63. The fourth-order valence-electron chi connectivity index (χ4n) is 1.83. The van der Waals surface area contributed by atoms with E-state index in [0.29, 0.717) is 0 Å². The van der Waals surface area contributed by atoms with E-state index in [0.717, 1.165) is 29.6 Å². The van der Waals surface area contributed by atoms with Crippen LogP contribution in [-0.2, 0) is 0 Å². The van der Waals surface area contributed by atoms with Gasteiger partial charge in [0.25, 0.3) is 0 Å². The van der Waals surface area contributed by atoms with Crippen molar-refractivity contribution in [2.45, 2.75) is 39.0 Å². The summed E-state index contributed by atoms with van der Waals surface area (Å²) in [5, 5.41) is 0. The fraction of sp³-hybridized carbons (Fsp3) is 0.333. The van der Waals surface area contributed by atoms with Gasteiger partial charge in [0.15, 0.2) is 0 Å². The van der Waals surface area contributed by atoms with Crippen LogP contribution in [0.25, 0.3) is 5.57 Å². The Kier molecular flexibility index (Phi) is 6.88. The van der Waals surface area contributed by atoms with Gasteiger partial charge in [-0.25, -0.2) is 4.39 Å². The van der Waals surface area contributed by atoms with E-state index in [1.54, 1.807) is 12.1 Å². The molecular weight excluding hydrogens is 235 g/mol. The maximum atomic E-state index is 12.8. The molecule has 1 rings (SSSR count). The van der Waals surface area contributed by atoms with Crippen molar-refractivity contribution in [3.63, 3.8) is 0 Å². The van der Waals surface area contributed by atoms with Crippen LogP contribution >= 0.6 is 0 Å². The summed E-state index contributed by atoms with van der Waals surface area (Å²) in [5.41, 5.74) is 2.81. The highest BCUT2D eigenvalue weighted by molar-refractivity contribution is 5.76. The molecule has 0 saturated heterocycles. The lowest BCUT2D eigenvalue weighted by Crippen LogP contribution is -1.87. The first kappa shape index (κ1) is 15.4. The average molecular weight is 258 g/mol. The van der Waals surface area contributed by atoms with Gasteiger partial charge in [-0.2, -0.15) is 0 Å². The minimum absolute atomic E-state index is 0.224. The quantitative estimate of drug-likeness (QED) is 0.308. The summed E-state index contributed by atoms with van der Waals surface area (Å²) in [6.07, 6.45) is 10.1. The van der Waals surface area contributed by atoms with Crippen molar-refractivity contribution in [1.29, 1.82) is 0 Å². The molecule has 1 aromatic rings. The number of allylic oxidation sites excluding steroid dienone is 4. The van der Waals surface area contributed by atoms with Crippen LogP contribution in [0.3, 0.4) is 0 Å². The molecule has 0 unspecified atom stereocenters. The first-order valence-electron chi connectivity index (χ1n) is 6.93. The van der Waals surface area contributed by atoms with Gasteiger partial charge < -0.3 is 0 Å². The first-order chi connectivity index (χ1) is 9.15. The monoisotopic (exact) mass is 258 g/mol. The van der Waals surface area contributed by atoms with Crippen LogP contribution in [0.15, 0.2) is 55.1 Å². The molecule has 0 fully saturated rings.